The fraction of sp³-hybridized carbons (Fsp3) is 1.00. The molecule has 0 aromatic heterocycles. The summed E-state index contributed by atoms with van der Waals surface area (Å²) in [6.07, 6.45) is 0. The van der Waals surface area contributed by atoms with Crippen LogP contribution in [0.4, 0.5) is 0 Å². The molecule has 2 N–H and O–H groups in total. The summed E-state index contributed by atoms with van der Waals surface area (Å²) in [7, 11) is 0. The predicted octanol–water partition coefficient (Wildman–Crippen LogP) is 0.163. The maximum Gasteiger partial charge on any atom is 0.0455 e. The summed E-state index contributed by atoms with van der Waals surface area (Å²) in [6, 6.07) is 0. The van der Waals surface area contributed by atoms with Crippen LogP contribution in [-0.2, 0) is 0 Å². The third-order valence-corrected chi connectivity index (χ3v) is 0.729. The quantitative estimate of drug-likeness (QED) is 0.455. The molecule has 0 atom stereocenters. The van der Waals surface area contributed by atoms with E-state index in [1.54, 1.807) is 0 Å². The lowest BCUT2D eigenvalue weighted by Gasteiger charge is -1.77. The minimum atomic E-state index is 1.00. The summed E-state index contributed by atoms with van der Waals surface area (Å²) in [5.74, 6) is 0. The van der Waals surface area contributed by atoms with Gasteiger partial charge in [0, 0.05) is 19.8 Å². The summed E-state index contributed by atoms with van der Waals surface area (Å²) in [4.78, 5) is 0. The molecule has 0 unspecified atom stereocenters. The first-order valence-electron chi connectivity index (χ1n) is 2.91. The van der Waals surface area contributed by atoms with Crippen LogP contribution in [0.5, 0.6) is 0 Å². The number of hydrogen-bond donors (Lipinski definition) is 2. The molecule has 1 heterocycles. The highest BCUT2D eigenvalue weighted by Crippen LogP contribution is 1.62. The van der Waals surface area contributed by atoms with Crippen molar-refractivity contribution in [3.8, 4) is 0 Å². The normalized spacial score (nSPS) is 18.0. The smallest absolute Gasteiger partial charge is 0.0455 e. The van der Waals surface area contributed by atoms with Gasteiger partial charge in [0.25, 0.3) is 0 Å². The summed E-state index contributed by atoms with van der Waals surface area (Å²) < 4.78 is 0. The Bertz CT molecular complexity index is 17.7. The summed E-state index contributed by atoms with van der Waals surface area (Å²) in [5.41, 5.74) is 0. The van der Waals surface area contributed by atoms with Crippen LogP contribution < -0.4 is 10.6 Å². The van der Waals surface area contributed by atoms with Gasteiger partial charge < -0.3 is 10.6 Å². The van der Waals surface area contributed by atoms with Gasteiger partial charge in [-0.1, -0.05) is 13.8 Å². The van der Waals surface area contributed by atoms with Gasteiger partial charge in [-0.15, -0.1) is 0 Å². The maximum absolute atomic E-state index is 3.11. The first kappa shape index (κ1) is 6.92. The van der Waals surface area contributed by atoms with E-state index in [9.17, 15) is 0 Å². The zero-order chi connectivity index (χ0) is 5.54. The van der Waals surface area contributed by atoms with E-state index in [1.807, 2.05) is 13.8 Å². The molecule has 1 rings (SSSR count). The molecule has 0 saturated carbocycles. The van der Waals surface area contributed by atoms with Crippen LogP contribution in [0.25, 0.3) is 0 Å². The minimum Gasteiger partial charge on any atom is -0.303 e. The molecule has 2 nitrogen and oxygen atoms in total. The molecule has 0 aromatic rings. The van der Waals surface area contributed by atoms with Crippen LogP contribution in [0.3, 0.4) is 0 Å². The van der Waals surface area contributed by atoms with Crippen molar-refractivity contribution in [2.45, 2.75) is 13.8 Å². The standard InChI is InChI=1S/C3H8N2.C2H6/c1-2-5-3-4-1;1-2/h4-5H,1-3H2;1-2H3. The molecule has 1 saturated heterocycles. The molecular formula is C5H14N2. The van der Waals surface area contributed by atoms with Gasteiger partial charge in [-0.2, -0.15) is 0 Å². The van der Waals surface area contributed by atoms with E-state index in [4.69, 9.17) is 0 Å². The van der Waals surface area contributed by atoms with Crippen molar-refractivity contribution in [3.05, 3.63) is 0 Å². The summed E-state index contributed by atoms with van der Waals surface area (Å²) in [5, 5.41) is 6.22. The third kappa shape index (κ3) is 3.76. The highest BCUT2D eigenvalue weighted by atomic mass is 15.1. The predicted molar refractivity (Wildman–Crippen MR) is 32.2 cm³/mol. The third-order valence-electron chi connectivity index (χ3n) is 0.729. The van der Waals surface area contributed by atoms with E-state index in [2.05, 4.69) is 10.6 Å². The zero-order valence-corrected chi connectivity index (χ0v) is 5.12. The van der Waals surface area contributed by atoms with Gasteiger partial charge in [0.05, 0.1) is 0 Å². The zero-order valence-electron chi connectivity index (χ0n) is 5.12. The Balaban J connectivity index is 0.000000162. The Labute approximate surface area is 45.3 Å². The second-order valence-corrected chi connectivity index (χ2v) is 1.18. The van der Waals surface area contributed by atoms with Crippen LogP contribution in [0, 0.1) is 0 Å². The van der Waals surface area contributed by atoms with Crippen LogP contribution in [0.15, 0.2) is 0 Å². The average Bonchev–Trinajstić information content (AvgIpc) is 2.23. The fourth-order valence-corrected chi connectivity index (χ4v) is 0.442. The maximum atomic E-state index is 3.11. The van der Waals surface area contributed by atoms with Gasteiger partial charge in [-0.3, -0.25) is 0 Å². The Morgan fingerprint density at radius 1 is 1.00 bits per heavy atom. The van der Waals surface area contributed by atoms with E-state index >= 15 is 0 Å². The van der Waals surface area contributed by atoms with Gasteiger partial charge in [0.2, 0.25) is 0 Å². The van der Waals surface area contributed by atoms with E-state index < -0.39 is 0 Å². The van der Waals surface area contributed by atoms with Crippen molar-refractivity contribution < 1.29 is 0 Å². The van der Waals surface area contributed by atoms with Gasteiger partial charge in [-0.05, 0) is 0 Å². The average molecular weight is 102 g/mol. The lowest BCUT2D eigenvalue weighted by Crippen LogP contribution is -2.11. The largest absolute Gasteiger partial charge is 0.303 e. The minimum absolute atomic E-state index is 1.00. The molecule has 0 amide bonds. The van der Waals surface area contributed by atoms with Crippen LogP contribution in [-0.4, -0.2) is 19.8 Å². The summed E-state index contributed by atoms with van der Waals surface area (Å²) in [6.45, 7) is 7.28. The van der Waals surface area contributed by atoms with Crippen LogP contribution in [0.2, 0.25) is 0 Å². The number of hydrogen-bond acceptors (Lipinski definition) is 2. The Morgan fingerprint density at radius 2 is 1.43 bits per heavy atom. The van der Waals surface area contributed by atoms with E-state index in [-0.39, 0.29) is 0 Å². The second kappa shape index (κ2) is 5.92. The molecule has 44 valence electrons. The van der Waals surface area contributed by atoms with E-state index in [1.165, 1.54) is 0 Å². The van der Waals surface area contributed by atoms with Gasteiger partial charge in [0.15, 0.2) is 0 Å². The molecule has 1 aliphatic rings. The molecule has 2 heteroatoms. The first-order chi connectivity index (χ1) is 3.50. The number of rotatable bonds is 0. The molecule has 0 aliphatic carbocycles. The molecular weight excluding hydrogens is 88.1 g/mol. The molecule has 1 fully saturated rings. The van der Waals surface area contributed by atoms with Gasteiger partial charge in [0.1, 0.15) is 0 Å². The Kier molecular flexibility index (Phi) is 5.85. The van der Waals surface area contributed by atoms with E-state index in [0.29, 0.717) is 0 Å². The fourth-order valence-electron chi connectivity index (χ4n) is 0.442. The SMILES string of the molecule is C1CNCN1.CC. The lowest BCUT2D eigenvalue weighted by atomic mass is 10.7. The molecule has 0 radical (unpaired) electrons. The monoisotopic (exact) mass is 102 g/mol. The van der Waals surface area contributed by atoms with Gasteiger partial charge in [-0.25, -0.2) is 0 Å². The van der Waals surface area contributed by atoms with Crippen LogP contribution >= 0.6 is 0 Å². The topological polar surface area (TPSA) is 24.1 Å². The van der Waals surface area contributed by atoms with Crippen molar-refractivity contribution in [2.75, 3.05) is 19.8 Å². The molecule has 0 spiro atoms. The summed E-state index contributed by atoms with van der Waals surface area (Å²) >= 11 is 0. The Morgan fingerprint density at radius 3 is 1.57 bits per heavy atom. The first-order valence-corrected chi connectivity index (χ1v) is 2.91. The van der Waals surface area contributed by atoms with Crippen LogP contribution in [0.1, 0.15) is 13.8 Å². The second-order valence-electron chi connectivity index (χ2n) is 1.18. The molecule has 0 aromatic carbocycles. The van der Waals surface area contributed by atoms with Crippen molar-refractivity contribution in [3.63, 3.8) is 0 Å². The highest BCUT2D eigenvalue weighted by molar-refractivity contribution is 4.55. The number of nitrogens with one attached hydrogen (secondary N) is 2. The Hall–Kier alpha value is -0.0800. The molecule has 7 heavy (non-hydrogen) atoms. The van der Waals surface area contributed by atoms with E-state index in [0.717, 1.165) is 19.8 Å². The van der Waals surface area contributed by atoms with Crippen molar-refractivity contribution in [1.82, 2.24) is 10.6 Å². The van der Waals surface area contributed by atoms with Crippen molar-refractivity contribution >= 4 is 0 Å². The lowest BCUT2D eigenvalue weighted by molar-refractivity contribution is 0.807. The van der Waals surface area contributed by atoms with Gasteiger partial charge >= 0.3 is 0 Å². The highest BCUT2D eigenvalue weighted by Gasteiger charge is 1.90. The molecule has 0 bridgehead atoms. The van der Waals surface area contributed by atoms with Crippen molar-refractivity contribution in [1.29, 1.82) is 0 Å². The molecule has 1 aliphatic heterocycles. The van der Waals surface area contributed by atoms with Crippen molar-refractivity contribution in [2.24, 2.45) is 0 Å².